The molecule has 3 aromatic heterocycles. The van der Waals surface area contributed by atoms with Crippen LogP contribution in [0.25, 0.3) is 49.0 Å². The summed E-state index contributed by atoms with van der Waals surface area (Å²) in [5.41, 5.74) is 8.30. The van der Waals surface area contributed by atoms with Crippen LogP contribution in [0.3, 0.4) is 0 Å². The van der Waals surface area contributed by atoms with Crippen molar-refractivity contribution in [3.63, 3.8) is 0 Å². The van der Waals surface area contributed by atoms with Gasteiger partial charge in [-0.25, -0.2) is 8.96 Å². The Balaban J connectivity index is 2.16. The van der Waals surface area contributed by atoms with E-state index in [2.05, 4.69) is 86.3 Å². The van der Waals surface area contributed by atoms with Gasteiger partial charge in [-0.15, -0.1) is 0 Å². The molecule has 0 spiro atoms. The van der Waals surface area contributed by atoms with E-state index in [0.717, 1.165) is 33.1 Å². The van der Waals surface area contributed by atoms with E-state index in [9.17, 15) is 0 Å². The van der Waals surface area contributed by atoms with Gasteiger partial charge in [-0.05, 0) is 60.4 Å². The van der Waals surface area contributed by atoms with Gasteiger partial charge >= 0.3 is 0 Å². The van der Waals surface area contributed by atoms with E-state index in [1.807, 2.05) is 13.8 Å². The molecule has 0 unspecified atom stereocenters. The number of halogens is 1. The van der Waals surface area contributed by atoms with Crippen LogP contribution in [0.5, 0.6) is 0 Å². The molecule has 3 aromatic carbocycles. The quantitative estimate of drug-likeness (QED) is 0.139. The van der Waals surface area contributed by atoms with E-state index in [0.29, 0.717) is 0 Å². The third-order valence-corrected chi connectivity index (χ3v) is 7.49. The van der Waals surface area contributed by atoms with Gasteiger partial charge in [0.05, 0.1) is 27.3 Å². The van der Waals surface area contributed by atoms with Gasteiger partial charge in [-0.1, -0.05) is 39.0 Å². The zero-order valence-corrected chi connectivity index (χ0v) is 19.8. The van der Waals surface area contributed by atoms with Gasteiger partial charge in [0, 0.05) is 22.4 Å². The highest BCUT2D eigenvalue weighted by atomic mass is 19.1. The smallest absolute Gasteiger partial charge is 0.224 e. The highest BCUT2D eigenvalue weighted by Crippen LogP contribution is 2.46. The van der Waals surface area contributed by atoms with Crippen molar-refractivity contribution in [3.05, 3.63) is 70.7 Å². The van der Waals surface area contributed by atoms with Crippen molar-refractivity contribution in [2.24, 2.45) is 7.05 Å². The molecule has 3 heteroatoms. The molecule has 2 nitrogen and oxygen atoms in total. The fraction of sp³-hybridized carbons (Fsp3) is 0.276. The Hall–Kier alpha value is -3.20. The second kappa shape index (κ2) is 5.98. The summed E-state index contributed by atoms with van der Waals surface area (Å²) in [6.07, 6.45) is 2.14. The number of benzene rings is 3. The Morgan fingerprint density at radius 2 is 1.56 bits per heavy atom. The van der Waals surface area contributed by atoms with Gasteiger partial charge in [-0.3, -0.25) is 0 Å². The largest absolute Gasteiger partial charge is 0.307 e. The molecule has 0 atom stereocenters. The summed E-state index contributed by atoms with van der Waals surface area (Å²) in [7, 11) is 2.10. The maximum atomic E-state index is 15.5. The minimum Gasteiger partial charge on any atom is -0.307 e. The predicted molar refractivity (Wildman–Crippen MR) is 133 cm³/mol. The number of aryl methyl sites for hydroxylation is 3. The Kier molecular flexibility index (Phi) is 3.64. The van der Waals surface area contributed by atoms with Gasteiger partial charge in [0.25, 0.3) is 0 Å². The molecule has 32 heavy (non-hydrogen) atoms. The van der Waals surface area contributed by atoms with E-state index < -0.39 is 0 Å². The summed E-state index contributed by atoms with van der Waals surface area (Å²) in [4.78, 5) is 0. The lowest BCUT2D eigenvalue weighted by Gasteiger charge is -2.23. The SMILES string of the molecule is Cc1c(F)c(C)c2c(c1C)c1c3c(cc[n+]1C)cc(C(C)(C)C)c1c4ccccc4n2c13. The van der Waals surface area contributed by atoms with Crippen LogP contribution in [0.15, 0.2) is 42.6 Å². The lowest BCUT2D eigenvalue weighted by atomic mass is 9.82. The standard InChI is InChI=1S/C29H28FN2/c1-15-16(2)25(30)17(3)26-22(15)27-23-18(12-13-31(27)7)14-20(29(4,5)6)24-19-10-8-9-11-21(19)32(26)28(23)24/h8-14H,1-7H3/q+1. The van der Waals surface area contributed by atoms with E-state index in [-0.39, 0.29) is 11.2 Å². The highest BCUT2D eigenvalue weighted by Gasteiger charge is 2.30. The van der Waals surface area contributed by atoms with E-state index in [4.69, 9.17) is 0 Å². The van der Waals surface area contributed by atoms with Gasteiger partial charge in [0.2, 0.25) is 5.52 Å². The summed E-state index contributed by atoms with van der Waals surface area (Å²) in [6.45, 7) is 12.7. The molecule has 0 fully saturated rings. The number of nitrogens with zero attached hydrogens (tertiary/aromatic N) is 2. The Morgan fingerprint density at radius 3 is 2.28 bits per heavy atom. The van der Waals surface area contributed by atoms with E-state index in [1.54, 1.807) is 0 Å². The molecule has 0 aliphatic carbocycles. The first-order valence-electron chi connectivity index (χ1n) is 11.3. The molecule has 0 saturated heterocycles. The molecule has 0 N–H and O–H groups in total. The zero-order valence-electron chi connectivity index (χ0n) is 19.8. The second-order valence-electron chi connectivity index (χ2n) is 10.4. The van der Waals surface area contributed by atoms with Crippen LogP contribution in [0, 0.1) is 26.6 Å². The van der Waals surface area contributed by atoms with Gasteiger partial charge in [0.15, 0.2) is 6.20 Å². The summed E-state index contributed by atoms with van der Waals surface area (Å²) < 4.78 is 20.0. The zero-order chi connectivity index (χ0) is 22.7. The van der Waals surface area contributed by atoms with Crippen LogP contribution in [0.1, 0.15) is 43.0 Å². The topological polar surface area (TPSA) is 8.29 Å². The normalized spacial score (nSPS) is 13.0. The lowest BCUT2D eigenvalue weighted by molar-refractivity contribution is -0.643. The molecule has 0 saturated carbocycles. The average Bonchev–Trinajstić information content (AvgIpc) is 3.10. The molecule has 0 amide bonds. The van der Waals surface area contributed by atoms with Crippen molar-refractivity contribution in [1.82, 2.24) is 4.40 Å². The molecule has 3 heterocycles. The molecule has 0 aliphatic heterocycles. The van der Waals surface area contributed by atoms with Crippen LogP contribution in [0.4, 0.5) is 4.39 Å². The van der Waals surface area contributed by atoms with Crippen LogP contribution in [-0.2, 0) is 12.5 Å². The molecule has 160 valence electrons. The number of pyridine rings is 2. The molecular weight excluding hydrogens is 395 g/mol. The molecular formula is C29H28FN2+. The Morgan fingerprint density at radius 1 is 0.844 bits per heavy atom. The number of hydrogen-bond donors (Lipinski definition) is 0. The molecule has 0 bridgehead atoms. The lowest BCUT2D eigenvalue weighted by Crippen LogP contribution is -2.29. The minimum atomic E-state index is -0.0996. The van der Waals surface area contributed by atoms with Crippen LogP contribution >= 0.6 is 0 Å². The van der Waals surface area contributed by atoms with Gasteiger partial charge in [0.1, 0.15) is 12.9 Å². The number of hydrogen-bond acceptors (Lipinski definition) is 0. The monoisotopic (exact) mass is 423 g/mol. The maximum absolute atomic E-state index is 15.5. The Labute approximate surface area is 187 Å². The fourth-order valence-corrected chi connectivity index (χ4v) is 5.81. The number of rotatable bonds is 0. The number of fused-ring (bicyclic) bond motifs is 6. The Bertz CT molecular complexity index is 1750. The summed E-state index contributed by atoms with van der Waals surface area (Å²) >= 11 is 0. The molecule has 0 radical (unpaired) electrons. The first-order chi connectivity index (χ1) is 15.1. The van der Waals surface area contributed by atoms with Crippen molar-refractivity contribution in [2.75, 3.05) is 0 Å². The predicted octanol–water partition coefficient (Wildman–Crippen LogP) is 7.18. The fourth-order valence-electron chi connectivity index (χ4n) is 5.81. The minimum absolute atomic E-state index is 0.0227. The van der Waals surface area contributed by atoms with Crippen LogP contribution < -0.4 is 4.57 Å². The summed E-state index contributed by atoms with van der Waals surface area (Å²) in [5.74, 6) is -0.0996. The van der Waals surface area contributed by atoms with Gasteiger partial charge < -0.3 is 4.40 Å². The summed E-state index contributed by atoms with van der Waals surface area (Å²) in [6, 6.07) is 13.2. The third-order valence-electron chi connectivity index (χ3n) is 7.49. The second-order valence-corrected chi connectivity index (χ2v) is 10.4. The van der Waals surface area contributed by atoms with Crippen LogP contribution in [0.2, 0.25) is 0 Å². The van der Waals surface area contributed by atoms with Crippen molar-refractivity contribution >= 4 is 49.0 Å². The third kappa shape index (κ3) is 2.16. The van der Waals surface area contributed by atoms with Crippen molar-refractivity contribution in [2.45, 2.75) is 47.0 Å². The summed E-state index contributed by atoms with van der Waals surface area (Å²) in [5, 5.41) is 6.17. The first-order valence-corrected chi connectivity index (χ1v) is 11.3. The average molecular weight is 424 g/mol. The van der Waals surface area contributed by atoms with Crippen molar-refractivity contribution < 1.29 is 8.96 Å². The van der Waals surface area contributed by atoms with Crippen molar-refractivity contribution in [3.8, 4) is 0 Å². The molecule has 0 aliphatic rings. The number of aromatic nitrogens is 2. The van der Waals surface area contributed by atoms with Gasteiger partial charge in [-0.2, -0.15) is 0 Å². The van der Waals surface area contributed by atoms with Crippen LogP contribution in [-0.4, -0.2) is 4.40 Å². The molecule has 6 rings (SSSR count). The maximum Gasteiger partial charge on any atom is 0.224 e. The number of para-hydroxylation sites is 1. The first kappa shape index (κ1) is 19.5. The van der Waals surface area contributed by atoms with Crippen molar-refractivity contribution in [1.29, 1.82) is 0 Å². The van der Waals surface area contributed by atoms with E-state index in [1.165, 1.54) is 38.1 Å². The van der Waals surface area contributed by atoms with E-state index >= 15 is 4.39 Å². The molecule has 6 aromatic rings. The highest BCUT2D eigenvalue weighted by molar-refractivity contribution is 6.28.